The molecule has 5 heteroatoms. The molecule has 1 aromatic carbocycles. The van der Waals surface area contributed by atoms with Crippen molar-refractivity contribution < 1.29 is 4.74 Å². The zero-order chi connectivity index (χ0) is 15.2. The second-order valence-electron chi connectivity index (χ2n) is 5.60. The van der Waals surface area contributed by atoms with Crippen molar-refractivity contribution in [3.63, 3.8) is 0 Å². The van der Waals surface area contributed by atoms with Crippen LogP contribution in [0.15, 0.2) is 18.2 Å². The lowest BCUT2D eigenvalue weighted by molar-refractivity contribution is -0.000746. The van der Waals surface area contributed by atoms with Crippen LogP contribution in [0.1, 0.15) is 37.8 Å². The maximum Gasteiger partial charge on any atom is 0.0599 e. The molecule has 1 unspecified atom stereocenters. The summed E-state index contributed by atoms with van der Waals surface area (Å²) in [6.07, 6.45) is 3.49. The summed E-state index contributed by atoms with van der Waals surface area (Å²) in [6, 6.07) is 6.25. The van der Waals surface area contributed by atoms with Gasteiger partial charge in [-0.25, -0.2) is 0 Å². The van der Waals surface area contributed by atoms with Gasteiger partial charge in [0.15, 0.2) is 0 Å². The number of hydrogen-bond donors (Lipinski definition) is 1. The SMILES string of the molecule is CC(c1ccc(Cl)c(Cl)c1)N1CCC(OCCCN)CC1. The Morgan fingerprint density at radius 1 is 1.29 bits per heavy atom. The van der Waals surface area contributed by atoms with Crippen LogP contribution in [0, 0.1) is 0 Å². The quantitative estimate of drug-likeness (QED) is 0.804. The molecule has 2 N–H and O–H groups in total. The topological polar surface area (TPSA) is 38.5 Å². The molecule has 1 heterocycles. The van der Waals surface area contributed by atoms with Gasteiger partial charge in [-0.3, -0.25) is 4.90 Å². The number of likely N-dealkylation sites (tertiary alicyclic amines) is 1. The number of halogens is 2. The van der Waals surface area contributed by atoms with Gasteiger partial charge in [-0.05, 0) is 50.4 Å². The Labute approximate surface area is 137 Å². The summed E-state index contributed by atoms with van der Waals surface area (Å²) in [4.78, 5) is 2.47. The number of rotatable bonds is 6. The lowest BCUT2D eigenvalue weighted by atomic mass is 10.0. The van der Waals surface area contributed by atoms with Gasteiger partial charge in [-0.1, -0.05) is 29.3 Å². The normalized spacial score (nSPS) is 18.9. The van der Waals surface area contributed by atoms with Crippen molar-refractivity contribution in [2.75, 3.05) is 26.2 Å². The highest BCUT2D eigenvalue weighted by molar-refractivity contribution is 6.42. The van der Waals surface area contributed by atoms with Crippen LogP contribution in [-0.4, -0.2) is 37.2 Å². The molecule has 0 spiro atoms. The van der Waals surface area contributed by atoms with Gasteiger partial charge < -0.3 is 10.5 Å². The van der Waals surface area contributed by atoms with Crippen LogP contribution in [0.5, 0.6) is 0 Å². The van der Waals surface area contributed by atoms with Gasteiger partial charge in [0.25, 0.3) is 0 Å². The number of benzene rings is 1. The van der Waals surface area contributed by atoms with Crippen LogP contribution < -0.4 is 5.73 Å². The van der Waals surface area contributed by atoms with Crippen molar-refractivity contribution in [2.24, 2.45) is 5.73 Å². The fourth-order valence-corrected chi connectivity index (χ4v) is 3.05. The second-order valence-corrected chi connectivity index (χ2v) is 6.41. The summed E-state index contributed by atoms with van der Waals surface area (Å²) in [5, 5.41) is 1.24. The molecule has 0 aliphatic carbocycles. The molecule has 1 aromatic rings. The number of ether oxygens (including phenoxy) is 1. The van der Waals surface area contributed by atoms with Crippen LogP contribution in [0.3, 0.4) is 0 Å². The van der Waals surface area contributed by atoms with E-state index >= 15 is 0 Å². The third-order valence-corrected chi connectivity index (χ3v) is 4.89. The maximum absolute atomic E-state index is 6.11. The summed E-state index contributed by atoms with van der Waals surface area (Å²) in [5.41, 5.74) is 6.70. The van der Waals surface area contributed by atoms with Crippen molar-refractivity contribution in [2.45, 2.75) is 38.3 Å². The largest absolute Gasteiger partial charge is 0.378 e. The first-order valence-electron chi connectivity index (χ1n) is 7.62. The van der Waals surface area contributed by atoms with Crippen LogP contribution >= 0.6 is 23.2 Å². The van der Waals surface area contributed by atoms with E-state index in [1.807, 2.05) is 12.1 Å². The predicted molar refractivity (Wildman–Crippen MR) is 89.1 cm³/mol. The van der Waals surface area contributed by atoms with Crippen LogP contribution in [0.25, 0.3) is 0 Å². The van der Waals surface area contributed by atoms with Crippen molar-refractivity contribution in [1.29, 1.82) is 0 Å². The molecule has 0 amide bonds. The average molecular weight is 331 g/mol. The molecule has 21 heavy (non-hydrogen) atoms. The molecule has 2 rings (SSSR count). The maximum atomic E-state index is 6.11. The van der Waals surface area contributed by atoms with Crippen molar-refractivity contribution in [3.8, 4) is 0 Å². The van der Waals surface area contributed by atoms with Crippen LogP contribution in [0.4, 0.5) is 0 Å². The van der Waals surface area contributed by atoms with Gasteiger partial charge >= 0.3 is 0 Å². The molecule has 0 saturated carbocycles. The summed E-state index contributed by atoms with van der Waals surface area (Å²) in [6.45, 7) is 5.80. The molecular weight excluding hydrogens is 307 g/mol. The van der Waals surface area contributed by atoms with Gasteiger partial charge in [0, 0.05) is 25.7 Å². The molecule has 0 bridgehead atoms. The Hall–Kier alpha value is -0.320. The molecule has 1 aliphatic rings. The van der Waals surface area contributed by atoms with E-state index < -0.39 is 0 Å². The highest BCUT2D eigenvalue weighted by Gasteiger charge is 2.24. The van der Waals surface area contributed by atoms with E-state index in [2.05, 4.69) is 17.9 Å². The minimum absolute atomic E-state index is 0.352. The standard InChI is InChI=1S/C16H24Cl2N2O/c1-12(13-3-4-15(17)16(18)11-13)20-8-5-14(6-9-20)21-10-2-7-19/h3-4,11-12,14H,2,5-10,19H2,1H3. The van der Waals surface area contributed by atoms with E-state index in [9.17, 15) is 0 Å². The zero-order valence-electron chi connectivity index (χ0n) is 12.5. The molecule has 1 aliphatic heterocycles. The van der Waals surface area contributed by atoms with Crippen LogP contribution in [-0.2, 0) is 4.74 Å². The Morgan fingerprint density at radius 3 is 2.62 bits per heavy atom. The lowest BCUT2D eigenvalue weighted by Crippen LogP contribution is -2.38. The van der Waals surface area contributed by atoms with E-state index in [4.69, 9.17) is 33.7 Å². The van der Waals surface area contributed by atoms with Gasteiger partial charge in [0.05, 0.1) is 16.1 Å². The fraction of sp³-hybridized carbons (Fsp3) is 0.625. The summed E-state index contributed by atoms with van der Waals surface area (Å²) < 4.78 is 5.85. The van der Waals surface area contributed by atoms with E-state index in [1.54, 1.807) is 0 Å². The average Bonchev–Trinajstić information content (AvgIpc) is 2.50. The number of piperidine rings is 1. The summed E-state index contributed by atoms with van der Waals surface area (Å²) >= 11 is 12.1. The number of nitrogens with two attached hydrogens (primary N) is 1. The van der Waals surface area contributed by atoms with Crippen molar-refractivity contribution in [3.05, 3.63) is 33.8 Å². The molecule has 0 aromatic heterocycles. The van der Waals surface area contributed by atoms with Crippen molar-refractivity contribution in [1.82, 2.24) is 4.90 Å². The Kier molecular flexibility index (Phi) is 6.77. The van der Waals surface area contributed by atoms with E-state index in [0.29, 0.717) is 28.7 Å². The highest BCUT2D eigenvalue weighted by Crippen LogP contribution is 2.30. The van der Waals surface area contributed by atoms with Crippen LogP contribution in [0.2, 0.25) is 10.0 Å². The fourth-order valence-electron chi connectivity index (χ4n) is 2.75. The van der Waals surface area contributed by atoms with Gasteiger partial charge in [-0.15, -0.1) is 0 Å². The number of hydrogen-bond acceptors (Lipinski definition) is 3. The van der Waals surface area contributed by atoms with Gasteiger partial charge in [-0.2, -0.15) is 0 Å². The lowest BCUT2D eigenvalue weighted by Gasteiger charge is -2.36. The molecule has 1 saturated heterocycles. The highest BCUT2D eigenvalue weighted by atomic mass is 35.5. The Bertz CT molecular complexity index is 448. The minimum Gasteiger partial charge on any atom is -0.378 e. The first-order chi connectivity index (χ1) is 10.1. The van der Waals surface area contributed by atoms with Crippen molar-refractivity contribution >= 4 is 23.2 Å². The first-order valence-corrected chi connectivity index (χ1v) is 8.38. The van der Waals surface area contributed by atoms with E-state index in [1.165, 1.54) is 5.56 Å². The van der Waals surface area contributed by atoms with Gasteiger partial charge in [0.1, 0.15) is 0 Å². The molecule has 118 valence electrons. The third-order valence-electron chi connectivity index (χ3n) is 4.15. The van der Waals surface area contributed by atoms with E-state index in [-0.39, 0.29) is 0 Å². The second kappa shape index (κ2) is 8.35. The zero-order valence-corrected chi connectivity index (χ0v) is 14.0. The molecule has 1 atom stereocenters. The predicted octanol–water partition coefficient (Wildman–Crippen LogP) is 3.88. The minimum atomic E-state index is 0.352. The molecule has 3 nitrogen and oxygen atoms in total. The Morgan fingerprint density at radius 2 is 2.00 bits per heavy atom. The van der Waals surface area contributed by atoms with E-state index in [0.717, 1.165) is 39.0 Å². The number of nitrogens with zero attached hydrogens (tertiary/aromatic N) is 1. The third kappa shape index (κ3) is 4.83. The smallest absolute Gasteiger partial charge is 0.0599 e. The molecular formula is C16H24Cl2N2O. The molecule has 1 fully saturated rings. The Balaban J connectivity index is 1.85. The summed E-state index contributed by atoms with van der Waals surface area (Å²) in [5.74, 6) is 0. The first kappa shape index (κ1) is 17.0. The summed E-state index contributed by atoms with van der Waals surface area (Å²) in [7, 11) is 0. The monoisotopic (exact) mass is 330 g/mol. The van der Waals surface area contributed by atoms with Gasteiger partial charge in [0.2, 0.25) is 0 Å². The molecule has 0 radical (unpaired) electrons.